The van der Waals surface area contributed by atoms with Gasteiger partial charge in [-0.3, -0.25) is 9.59 Å². The average Bonchev–Trinajstić information content (AvgIpc) is 3.59. The third-order valence-corrected chi connectivity index (χ3v) is 12.6. The first-order valence-corrected chi connectivity index (χ1v) is 17.6. The fourth-order valence-corrected chi connectivity index (χ4v) is 9.62. The second-order valence-electron chi connectivity index (χ2n) is 14.0. The molecule has 0 spiro atoms. The molecule has 4 fully saturated rings. The van der Waals surface area contributed by atoms with Gasteiger partial charge in [0, 0.05) is 61.7 Å². The molecule has 2 aliphatic carbocycles. The quantitative estimate of drug-likeness (QED) is 0.460. The molecule has 3 unspecified atom stereocenters. The number of aromatic nitrogens is 1. The van der Waals surface area contributed by atoms with Gasteiger partial charge in [0.15, 0.2) is 0 Å². The van der Waals surface area contributed by atoms with Crippen molar-refractivity contribution in [3.05, 3.63) is 59.2 Å². The standard InChI is InChI=1S/C34H41N5O4S/c1-36(2)44(42,43)35-32(40)22-13-16-27-29(17-22)39-31(30(27)21-9-5-4-6-10-21)26-12-8-7-11-25(26)28-18-34(28,39)33(41)38-23-14-15-24(38)20-37(3)19-23/h7-8,11-13,16-17,21,23-24,28H,4-6,9-10,14-15,18-20H2,1-3H3,(H,35,40)/t23?,24?,28?,34-/m1/s1. The van der Waals surface area contributed by atoms with Crippen LogP contribution in [0.15, 0.2) is 42.5 Å². The summed E-state index contributed by atoms with van der Waals surface area (Å²) in [4.78, 5) is 33.0. The van der Waals surface area contributed by atoms with Gasteiger partial charge in [-0.25, -0.2) is 4.72 Å². The van der Waals surface area contributed by atoms with Crippen molar-refractivity contribution in [2.75, 3.05) is 34.2 Å². The number of fused-ring (bicyclic) bond motifs is 10. The number of amides is 2. The Bertz CT molecular complexity index is 1800. The van der Waals surface area contributed by atoms with Crippen LogP contribution in [0, 0.1) is 0 Å². The molecule has 2 aromatic carbocycles. The van der Waals surface area contributed by atoms with Crippen LogP contribution in [0.2, 0.25) is 0 Å². The van der Waals surface area contributed by atoms with Crippen molar-refractivity contribution >= 4 is 32.9 Å². The van der Waals surface area contributed by atoms with Gasteiger partial charge in [-0.2, -0.15) is 12.7 Å². The molecule has 8 rings (SSSR count). The Hall–Kier alpha value is -3.21. The van der Waals surface area contributed by atoms with Crippen molar-refractivity contribution in [3.8, 4) is 11.3 Å². The fraction of sp³-hybridized carbons (Fsp3) is 0.529. The Kier molecular flexibility index (Phi) is 6.36. The van der Waals surface area contributed by atoms with Crippen molar-refractivity contribution in [1.82, 2.24) is 23.4 Å². The van der Waals surface area contributed by atoms with E-state index in [1.54, 1.807) is 6.07 Å². The van der Waals surface area contributed by atoms with Gasteiger partial charge in [0.1, 0.15) is 5.54 Å². The molecule has 4 heterocycles. The largest absolute Gasteiger partial charge is 0.332 e. The highest BCUT2D eigenvalue weighted by Gasteiger charge is 2.68. The van der Waals surface area contributed by atoms with Crippen LogP contribution in [0.3, 0.4) is 0 Å². The topological polar surface area (TPSA) is 95.0 Å². The van der Waals surface area contributed by atoms with Crippen LogP contribution in [-0.4, -0.2) is 85.2 Å². The maximum Gasteiger partial charge on any atom is 0.303 e. The third kappa shape index (κ3) is 3.99. The number of likely N-dealkylation sites (N-methyl/N-ethyl adjacent to an activating group) is 1. The minimum atomic E-state index is -3.96. The second kappa shape index (κ2) is 9.89. The summed E-state index contributed by atoms with van der Waals surface area (Å²) in [6.45, 7) is 1.80. The van der Waals surface area contributed by atoms with Crippen LogP contribution < -0.4 is 4.72 Å². The molecule has 4 atom stereocenters. The lowest BCUT2D eigenvalue weighted by molar-refractivity contribution is -0.142. The number of carbonyl (C=O) groups is 2. The van der Waals surface area contributed by atoms with Gasteiger partial charge >= 0.3 is 10.2 Å². The van der Waals surface area contributed by atoms with E-state index < -0.39 is 21.7 Å². The maximum absolute atomic E-state index is 15.1. The molecule has 232 valence electrons. The number of nitrogens with zero attached hydrogens (tertiary/aromatic N) is 4. The Morgan fingerprint density at radius 2 is 1.66 bits per heavy atom. The van der Waals surface area contributed by atoms with Gasteiger partial charge in [-0.1, -0.05) is 49.6 Å². The lowest BCUT2D eigenvalue weighted by atomic mass is 9.80. The van der Waals surface area contributed by atoms with Crippen molar-refractivity contribution in [1.29, 1.82) is 0 Å². The highest BCUT2D eigenvalue weighted by molar-refractivity contribution is 7.87. The van der Waals surface area contributed by atoms with Crippen molar-refractivity contribution in [2.24, 2.45) is 0 Å². The minimum Gasteiger partial charge on any atom is -0.332 e. The molecule has 2 amide bonds. The monoisotopic (exact) mass is 615 g/mol. The number of benzene rings is 2. The Labute approximate surface area is 259 Å². The van der Waals surface area contributed by atoms with Crippen LogP contribution >= 0.6 is 0 Å². The molecule has 2 saturated carbocycles. The van der Waals surface area contributed by atoms with Gasteiger partial charge in [0.05, 0.1) is 11.2 Å². The molecule has 5 aliphatic rings. The highest BCUT2D eigenvalue weighted by atomic mass is 32.2. The third-order valence-electron chi connectivity index (χ3n) is 11.2. The van der Waals surface area contributed by atoms with E-state index in [1.807, 2.05) is 12.1 Å². The predicted molar refractivity (Wildman–Crippen MR) is 170 cm³/mol. The molecule has 0 radical (unpaired) electrons. The van der Waals surface area contributed by atoms with Crippen molar-refractivity contribution < 1.29 is 18.0 Å². The summed E-state index contributed by atoms with van der Waals surface area (Å²) in [5.74, 6) is -0.0156. The molecule has 44 heavy (non-hydrogen) atoms. The molecule has 1 N–H and O–H groups in total. The number of likely N-dealkylation sites (tertiary alicyclic amines) is 1. The first-order valence-electron chi connectivity index (χ1n) is 16.2. The maximum atomic E-state index is 15.1. The zero-order chi connectivity index (χ0) is 30.5. The van der Waals surface area contributed by atoms with Crippen LogP contribution in [0.4, 0.5) is 0 Å². The summed E-state index contributed by atoms with van der Waals surface area (Å²) in [5.41, 5.74) is 5.26. The Morgan fingerprint density at radius 1 is 0.955 bits per heavy atom. The fourth-order valence-electron chi connectivity index (χ4n) is 9.09. The highest BCUT2D eigenvalue weighted by Crippen LogP contribution is 2.67. The molecule has 9 nitrogen and oxygen atoms in total. The summed E-state index contributed by atoms with van der Waals surface area (Å²) in [6, 6.07) is 14.6. The van der Waals surface area contributed by atoms with E-state index in [0.29, 0.717) is 5.92 Å². The van der Waals surface area contributed by atoms with Gasteiger partial charge < -0.3 is 14.4 Å². The van der Waals surface area contributed by atoms with Gasteiger partial charge in [0.2, 0.25) is 5.91 Å². The van der Waals surface area contributed by atoms with Gasteiger partial charge in [-0.15, -0.1) is 0 Å². The lowest BCUT2D eigenvalue weighted by Crippen LogP contribution is -2.58. The number of hydrogen-bond acceptors (Lipinski definition) is 5. The molecule has 2 bridgehead atoms. The minimum absolute atomic E-state index is 0.0687. The molecular formula is C34H41N5O4S. The van der Waals surface area contributed by atoms with Crippen molar-refractivity contribution in [2.45, 2.75) is 80.8 Å². The number of hydrogen-bond donors (Lipinski definition) is 1. The molecule has 10 heteroatoms. The van der Waals surface area contributed by atoms with E-state index in [9.17, 15) is 13.2 Å². The van der Waals surface area contributed by atoms with Gasteiger partial charge in [0.25, 0.3) is 5.91 Å². The second-order valence-corrected chi connectivity index (χ2v) is 15.9. The van der Waals surface area contributed by atoms with Crippen LogP contribution in [0.1, 0.15) is 84.7 Å². The first-order chi connectivity index (χ1) is 21.1. The summed E-state index contributed by atoms with van der Waals surface area (Å²) >= 11 is 0. The Balaban J connectivity index is 1.35. The summed E-state index contributed by atoms with van der Waals surface area (Å²) in [5, 5.41) is 1.08. The van der Waals surface area contributed by atoms with E-state index in [0.717, 1.165) is 66.1 Å². The number of nitrogens with one attached hydrogen (secondary N) is 1. The summed E-state index contributed by atoms with van der Waals surface area (Å²) in [6.07, 6.45) is 8.61. The van der Waals surface area contributed by atoms with Crippen LogP contribution in [-0.2, 0) is 20.5 Å². The van der Waals surface area contributed by atoms with E-state index in [4.69, 9.17) is 0 Å². The number of carbonyl (C=O) groups excluding carboxylic acids is 2. The van der Waals surface area contributed by atoms with Crippen LogP contribution in [0.25, 0.3) is 22.2 Å². The van der Waals surface area contributed by atoms with Crippen molar-refractivity contribution in [3.63, 3.8) is 0 Å². The lowest BCUT2D eigenvalue weighted by Gasteiger charge is -2.43. The summed E-state index contributed by atoms with van der Waals surface area (Å²) in [7, 11) is 0.980. The van der Waals surface area contributed by atoms with E-state index in [-0.39, 0.29) is 29.5 Å². The molecule has 3 aliphatic heterocycles. The van der Waals surface area contributed by atoms with Crippen LogP contribution in [0.5, 0.6) is 0 Å². The predicted octanol–water partition coefficient (Wildman–Crippen LogP) is 4.39. The zero-order valence-corrected chi connectivity index (χ0v) is 26.6. The molecule has 2 saturated heterocycles. The zero-order valence-electron chi connectivity index (χ0n) is 25.8. The first kappa shape index (κ1) is 28.3. The normalized spacial score (nSPS) is 28.1. The Morgan fingerprint density at radius 3 is 2.36 bits per heavy atom. The number of rotatable bonds is 5. The van der Waals surface area contributed by atoms with E-state index >= 15 is 4.79 Å². The van der Waals surface area contributed by atoms with Gasteiger partial charge in [-0.05, 0) is 68.3 Å². The average molecular weight is 616 g/mol. The molecule has 1 aromatic heterocycles. The molecular weight excluding hydrogens is 574 g/mol. The van der Waals surface area contributed by atoms with E-state index in [1.165, 1.54) is 50.0 Å². The molecule has 3 aromatic rings. The smallest absolute Gasteiger partial charge is 0.303 e. The SMILES string of the molecule is CN1CC2CCC(C1)N2C(=O)[C@@]12CC1c1ccccc1-c1c(C3CCCCC3)c3ccc(C(=O)NS(=O)(=O)N(C)C)cc3n12. The number of piperazine rings is 1. The summed E-state index contributed by atoms with van der Waals surface area (Å²) < 4.78 is 30.6. The van der Waals surface area contributed by atoms with E-state index in [2.05, 4.69) is 50.4 Å².